The fourth-order valence-electron chi connectivity index (χ4n) is 3.78. The van der Waals surface area contributed by atoms with E-state index >= 15 is 0 Å². The first-order valence-electron chi connectivity index (χ1n) is 10.5. The van der Waals surface area contributed by atoms with E-state index in [-0.39, 0.29) is 24.4 Å². The molecule has 3 aromatic rings. The molecule has 3 heterocycles. The van der Waals surface area contributed by atoms with Crippen LogP contribution in [0.15, 0.2) is 53.3 Å². The van der Waals surface area contributed by atoms with Crippen molar-refractivity contribution in [3.8, 4) is 11.8 Å². The van der Waals surface area contributed by atoms with E-state index in [9.17, 15) is 14.9 Å². The van der Waals surface area contributed by atoms with Gasteiger partial charge in [-0.05, 0) is 38.0 Å². The standard InChI is InChI=1S/C23H24N6O3/c1-16-9-12-32-21(16)23(31)26-18-7-10-28(11-8-18)15-20(30)27-22-17(13-24)14-25-29(22)19-5-3-2-4-6-19/h2-6,9,12,14,18H,7-8,10-11,15H2,1H3,(H,26,31)(H,27,30). The summed E-state index contributed by atoms with van der Waals surface area (Å²) in [5.74, 6) is 0.282. The minimum absolute atomic E-state index is 0.0380. The molecule has 1 aliphatic rings. The Bertz CT molecular complexity index is 1140. The Morgan fingerprint density at radius 2 is 1.97 bits per heavy atom. The minimum atomic E-state index is -0.215. The number of nitriles is 1. The number of piperidine rings is 1. The van der Waals surface area contributed by atoms with Gasteiger partial charge in [0.1, 0.15) is 11.6 Å². The number of nitrogens with zero attached hydrogens (tertiary/aromatic N) is 4. The molecule has 1 aromatic carbocycles. The van der Waals surface area contributed by atoms with Crippen molar-refractivity contribution in [1.29, 1.82) is 5.26 Å². The van der Waals surface area contributed by atoms with Gasteiger partial charge in [0.15, 0.2) is 11.6 Å². The Labute approximate surface area is 185 Å². The Kier molecular flexibility index (Phi) is 6.33. The predicted molar refractivity (Wildman–Crippen MR) is 117 cm³/mol. The van der Waals surface area contributed by atoms with Gasteiger partial charge >= 0.3 is 0 Å². The highest BCUT2D eigenvalue weighted by molar-refractivity contribution is 5.93. The zero-order chi connectivity index (χ0) is 22.5. The van der Waals surface area contributed by atoms with E-state index in [0.717, 1.165) is 24.1 Å². The predicted octanol–water partition coefficient (Wildman–Crippen LogP) is 2.48. The van der Waals surface area contributed by atoms with Crippen molar-refractivity contribution < 1.29 is 14.0 Å². The Hall–Kier alpha value is -3.90. The molecule has 1 aliphatic heterocycles. The number of aromatic nitrogens is 2. The summed E-state index contributed by atoms with van der Waals surface area (Å²) in [7, 11) is 0. The van der Waals surface area contributed by atoms with E-state index < -0.39 is 0 Å². The number of nitrogens with one attached hydrogen (secondary N) is 2. The van der Waals surface area contributed by atoms with Crippen molar-refractivity contribution in [2.75, 3.05) is 25.0 Å². The van der Waals surface area contributed by atoms with E-state index in [2.05, 4.69) is 21.8 Å². The first-order chi connectivity index (χ1) is 15.5. The third kappa shape index (κ3) is 4.71. The molecule has 0 spiro atoms. The van der Waals surface area contributed by atoms with Crippen LogP contribution >= 0.6 is 0 Å². The molecule has 2 aromatic heterocycles. The topological polar surface area (TPSA) is 116 Å². The van der Waals surface area contributed by atoms with Crippen molar-refractivity contribution in [3.05, 3.63) is 65.7 Å². The van der Waals surface area contributed by atoms with Crippen LogP contribution in [0.3, 0.4) is 0 Å². The second-order valence-corrected chi connectivity index (χ2v) is 7.77. The average molecular weight is 432 g/mol. The number of carbonyl (C=O) groups excluding carboxylic acids is 2. The van der Waals surface area contributed by atoms with Crippen molar-refractivity contribution in [1.82, 2.24) is 20.0 Å². The van der Waals surface area contributed by atoms with Gasteiger partial charge in [-0.2, -0.15) is 10.4 Å². The summed E-state index contributed by atoms with van der Waals surface area (Å²) in [5, 5.41) is 19.5. The number of furan rings is 1. The fourth-order valence-corrected chi connectivity index (χ4v) is 3.78. The molecule has 4 rings (SSSR count). The van der Waals surface area contributed by atoms with Crippen LogP contribution < -0.4 is 10.6 Å². The third-order valence-electron chi connectivity index (χ3n) is 5.51. The molecule has 9 nitrogen and oxygen atoms in total. The summed E-state index contributed by atoms with van der Waals surface area (Å²) < 4.78 is 6.80. The smallest absolute Gasteiger partial charge is 0.287 e. The second-order valence-electron chi connectivity index (χ2n) is 7.77. The van der Waals surface area contributed by atoms with E-state index in [1.807, 2.05) is 42.2 Å². The maximum Gasteiger partial charge on any atom is 0.287 e. The van der Waals surface area contributed by atoms with Crippen LogP contribution in [-0.2, 0) is 4.79 Å². The molecule has 32 heavy (non-hydrogen) atoms. The number of carbonyl (C=O) groups is 2. The molecule has 1 saturated heterocycles. The number of hydrogen-bond acceptors (Lipinski definition) is 6. The second kappa shape index (κ2) is 9.49. The summed E-state index contributed by atoms with van der Waals surface area (Å²) in [4.78, 5) is 27.1. The zero-order valence-corrected chi connectivity index (χ0v) is 17.7. The highest BCUT2D eigenvalue weighted by atomic mass is 16.3. The average Bonchev–Trinajstić information content (AvgIpc) is 3.41. The number of aryl methyl sites for hydroxylation is 1. The summed E-state index contributed by atoms with van der Waals surface area (Å²) >= 11 is 0. The maximum absolute atomic E-state index is 12.7. The van der Waals surface area contributed by atoms with Crippen molar-refractivity contribution in [2.24, 2.45) is 0 Å². The van der Waals surface area contributed by atoms with Crippen LogP contribution in [-0.4, -0.2) is 52.2 Å². The number of rotatable bonds is 6. The van der Waals surface area contributed by atoms with Crippen LogP contribution in [0.5, 0.6) is 0 Å². The zero-order valence-electron chi connectivity index (χ0n) is 17.7. The number of hydrogen-bond donors (Lipinski definition) is 2. The molecule has 2 N–H and O–H groups in total. The molecule has 0 unspecified atom stereocenters. The SMILES string of the molecule is Cc1ccoc1C(=O)NC1CCN(CC(=O)Nc2c(C#N)cnn2-c2ccccc2)CC1. The van der Waals surface area contributed by atoms with Crippen LogP contribution in [0.4, 0.5) is 5.82 Å². The molecule has 0 saturated carbocycles. The van der Waals surface area contributed by atoms with E-state index in [1.54, 1.807) is 10.7 Å². The lowest BCUT2D eigenvalue weighted by Gasteiger charge is -2.31. The van der Waals surface area contributed by atoms with Crippen LogP contribution in [0.25, 0.3) is 5.69 Å². The monoisotopic (exact) mass is 432 g/mol. The van der Waals surface area contributed by atoms with Gasteiger partial charge in [0.2, 0.25) is 5.91 Å². The Balaban J connectivity index is 1.32. The molecular weight excluding hydrogens is 408 g/mol. The van der Waals surface area contributed by atoms with Gasteiger partial charge in [0.05, 0.1) is 24.7 Å². The first-order valence-corrected chi connectivity index (χ1v) is 10.5. The van der Waals surface area contributed by atoms with Crippen molar-refractivity contribution in [2.45, 2.75) is 25.8 Å². The first kappa shape index (κ1) is 21.3. The molecule has 1 fully saturated rings. The lowest BCUT2D eigenvalue weighted by molar-refractivity contribution is -0.117. The Morgan fingerprint density at radius 1 is 1.22 bits per heavy atom. The van der Waals surface area contributed by atoms with Gasteiger partial charge in [-0.15, -0.1) is 0 Å². The Morgan fingerprint density at radius 3 is 2.62 bits per heavy atom. The fraction of sp³-hybridized carbons (Fsp3) is 0.304. The summed E-state index contributed by atoms with van der Waals surface area (Å²) in [6.45, 7) is 3.39. The number of anilines is 1. The number of para-hydroxylation sites is 1. The molecule has 164 valence electrons. The normalized spacial score (nSPS) is 14.6. The molecule has 0 atom stereocenters. The van der Waals surface area contributed by atoms with Gasteiger partial charge in [0, 0.05) is 24.7 Å². The summed E-state index contributed by atoms with van der Waals surface area (Å²) in [6.07, 6.45) is 4.43. The van der Waals surface area contributed by atoms with Gasteiger partial charge in [-0.3, -0.25) is 14.5 Å². The molecule has 2 amide bonds. The number of amides is 2. The lowest BCUT2D eigenvalue weighted by atomic mass is 10.0. The van der Waals surface area contributed by atoms with Gasteiger partial charge in [0.25, 0.3) is 5.91 Å². The maximum atomic E-state index is 12.7. The number of likely N-dealkylation sites (tertiary alicyclic amines) is 1. The molecule has 0 radical (unpaired) electrons. The van der Waals surface area contributed by atoms with Crippen LogP contribution in [0.1, 0.15) is 34.5 Å². The molecular formula is C23H24N6O3. The van der Waals surface area contributed by atoms with E-state index in [1.165, 1.54) is 12.5 Å². The third-order valence-corrected chi connectivity index (χ3v) is 5.51. The quantitative estimate of drug-likeness (QED) is 0.618. The van der Waals surface area contributed by atoms with E-state index in [4.69, 9.17) is 4.42 Å². The summed E-state index contributed by atoms with van der Waals surface area (Å²) in [6, 6.07) is 13.2. The number of benzene rings is 1. The molecule has 0 bridgehead atoms. The highest BCUT2D eigenvalue weighted by Gasteiger charge is 2.24. The van der Waals surface area contributed by atoms with E-state index in [0.29, 0.717) is 30.2 Å². The molecule has 0 aliphatic carbocycles. The summed E-state index contributed by atoms with van der Waals surface area (Å²) in [5.41, 5.74) is 1.87. The van der Waals surface area contributed by atoms with Crippen LogP contribution in [0, 0.1) is 18.3 Å². The van der Waals surface area contributed by atoms with Gasteiger partial charge < -0.3 is 15.1 Å². The molecule has 9 heteroatoms. The van der Waals surface area contributed by atoms with Crippen LogP contribution in [0.2, 0.25) is 0 Å². The van der Waals surface area contributed by atoms with Crippen molar-refractivity contribution >= 4 is 17.6 Å². The van der Waals surface area contributed by atoms with Gasteiger partial charge in [-0.1, -0.05) is 18.2 Å². The highest BCUT2D eigenvalue weighted by Crippen LogP contribution is 2.20. The lowest BCUT2D eigenvalue weighted by Crippen LogP contribution is -2.46. The van der Waals surface area contributed by atoms with Crippen molar-refractivity contribution in [3.63, 3.8) is 0 Å². The van der Waals surface area contributed by atoms with Gasteiger partial charge in [-0.25, -0.2) is 4.68 Å². The largest absolute Gasteiger partial charge is 0.459 e. The minimum Gasteiger partial charge on any atom is -0.459 e.